The maximum Gasteiger partial charge on any atom is 0.139 e. The van der Waals surface area contributed by atoms with Crippen molar-refractivity contribution in [3.63, 3.8) is 0 Å². The highest BCUT2D eigenvalue weighted by atomic mass is 32.1. The monoisotopic (exact) mass is 344 g/mol. The second-order valence-corrected chi connectivity index (χ2v) is 7.71. The Morgan fingerprint density at radius 3 is 2.44 bits per heavy atom. The molecule has 3 heteroatoms. The minimum atomic E-state index is 0.180. The van der Waals surface area contributed by atoms with E-state index in [0.717, 1.165) is 22.4 Å². The van der Waals surface area contributed by atoms with Crippen molar-refractivity contribution in [3.05, 3.63) is 70.4 Å². The maximum absolute atomic E-state index is 5.83. The van der Waals surface area contributed by atoms with Gasteiger partial charge in [0.15, 0.2) is 0 Å². The van der Waals surface area contributed by atoms with Gasteiger partial charge in [0.25, 0.3) is 0 Å². The van der Waals surface area contributed by atoms with Gasteiger partial charge in [0.2, 0.25) is 0 Å². The van der Waals surface area contributed by atoms with Gasteiger partial charge in [0.1, 0.15) is 10.5 Å². The molecule has 2 aliphatic rings. The van der Waals surface area contributed by atoms with E-state index in [1.165, 1.54) is 48.1 Å². The Morgan fingerprint density at radius 2 is 1.64 bits per heavy atom. The minimum absolute atomic E-state index is 0.180. The Hall–Kier alpha value is -2.26. The van der Waals surface area contributed by atoms with Gasteiger partial charge in [-0.15, -0.1) is 0 Å². The molecule has 1 spiro atoms. The number of rotatable bonds is 1. The van der Waals surface area contributed by atoms with Gasteiger partial charge in [-0.3, -0.25) is 0 Å². The molecule has 1 aromatic heterocycles. The van der Waals surface area contributed by atoms with Crippen LogP contribution < -0.4 is 0 Å². The van der Waals surface area contributed by atoms with Crippen LogP contribution in [0, 0.1) is 4.64 Å². The zero-order valence-electron chi connectivity index (χ0n) is 14.1. The van der Waals surface area contributed by atoms with Gasteiger partial charge in [0, 0.05) is 22.1 Å². The van der Waals surface area contributed by atoms with Crippen LogP contribution in [0.25, 0.3) is 22.6 Å². The largest absolute Gasteiger partial charge is 0.339 e. The number of benzene rings is 2. The molecule has 0 bridgehead atoms. The fourth-order valence-corrected chi connectivity index (χ4v) is 5.16. The van der Waals surface area contributed by atoms with Gasteiger partial charge in [0.05, 0.1) is 5.69 Å². The van der Waals surface area contributed by atoms with Crippen molar-refractivity contribution in [2.45, 2.75) is 37.5 Å². The number of fused-ring (bicyclic) bond motifs is 4. The van der Waals surface area contributed by atoms with Gasteiger partial charge >= 0.3 is 0 Å². The molecule has 2 nitrogen and oxygen atoms in total. The Bertz CT molecular complexity index is 998. The summed E-state index contributed by atoms with van der Waals surface area (Å²) in [4.78, 5) is 8.46. The first-order valence-corrected chi connectivity index (χ1v) is 9.46. The summed E-state index contributed by atoms with van der Waals surface area (Å²) in [6.45, 7) is 0. The molecular formula is C22H20N2S. The van der Waals surface area contributed by atoms with Gasteiger partial charge in [-0.1, -0.05) is 79.7 Å². The SMILES string of the molecule is S=c1nc(-c2ccccc2)[nH]c2c1C1(CCCC1)Cc1ccccc1-2. The summed E-state index contributed by atoms with van der Waals surface area (Å²) in [5.41, 5.74) is 6.48. The van der Waals surface area contributed by atoms with Crippen LogP contribution in [-0.2, 0) is 11.8 Å². The van der Waals surface area contributed by atoms with Crippen molar-refractivity contribution in [3.8, 4) is 22.6 Å². The second kappa shape index (κ2) is 5.63. The van der Waals surface area contributed by atoms with Crippen LogP contribution in [0.4, 0.5) is 0 Å². The first-order valence-electron chi connectivity index (χ1n) is 9.05. The smallest absolute Gasteiger partial charge is 0.139 e. The molecule has 0 amide bonds. The Balaban J connectivity index is 1.81. The van der Waals surface area contributed by atoms with Crippen molar-refractivity contribution in [2.75, 3.05) is 0 Å². The zero-order valence-corrected chi connectivity index (χ0v) is 14.9. The van der Waals surface area contributed by atoms with E-state index in [1.807, 2.05) is 18.2 Å². The topological polar surface area (TPSA) is 28.7 Å². The summed E-state index contributed by atoms with van der Waals surface area (Å²) >= 11 is 5.83. The fraction of sp³-hybridized carbons (Fsp3) is 0.273. The van der Waals surface area contributed by atoms with Crippen LogP contribution in [0.3, 0.4) is 0 Å². The summed E-state index contributed by atoms with van der Waals surface area (Å²) < 4.78 is 0.781. The molecule has 25 heavy (non-hydrogen) atoms. The fourth-order valence-electron chi connectivity index (χ4n) is 4.75. The molecule has 0 saturated heterocycles. The van der Waals surface area contributed by atoms with E-state index < -0.39 is 0 Å². The molecule has 2 aromatic carbocycles. The quantitative estimate of drug-likeness (QED) is 0.562. The molecule has 0 radical (unpaired) electrons. The first kappa shape index (κ1) is 15.0. The number of aromatic nitrogens is 2. The number of nitrogens with one attached hydrogen (secondary N) is 1. The van der Waals surface area contributed by atoms with Gasteiger partial charge in [-0.05, 0) is 24.8 Å². The molecule has 1 heterocycles. The molecular weight excluding hydrogens is 324 g/mol. The maximum atomic E-state index is 5.83. The number of H-pyrrole nitrogens is 1. The van der Waals surface area contributed by atoms with Gasteiger partial charge < -0.3 is 4.98 Å². The highest BCUT2D eigenvalue weighted by molar-refractivity contribution is 7.71. The lowest BCUT2D eigenvalue weighted by atomic mass is 9.68. The first-order chi connectivity index (χ1) is 12.3. The summed E-state index contributed by atoms with van der Waals surface area (Å²) in [5, 5.41) is 0. The molecule has 0 unspecified atom stereocenters. The lowest BCUT2D eigenvalue weighted by Gasteiger charge is -2.36. The normalized spacial score (nSPS) is 17.3. The summed E-state index contributed by atoms with van der Waals surface area (Å²) in [6, 6.07) is 19.0. The van der Waals surface area contributed by atoms with Crippen LogP contribution in [0.2, 0.25) is 0 Å². The number of nitrogens with zero attached hydrogens (tertiary/aromatic N) is 1. The van der Waals surface area contributed by atoms with E-state index in [-0.39, 0.29) is 5.41 Å². The van der Waals surface area contributed by atoms with E-state index in [0.29, 0.717) is 0 Å². The predicted octanol–water partition coefficient (Wildman–Crippen LogP) is 5.84. The molecule has 1 fully saturated rings. The lowest BCUT2D eigenvalue weighted by molar-refractivity contribution is 0.429. The third-order valence-corrected chi connectivity index (χ3v) is 6.17. The Labute approximate surface area is 153 Å². The highest BCUT2D eigenvalue weighted by Crippen LogP contribution is 2.51. The van der Waals surface area contributed by atoms with E-state index >= 15 is 0 Å². The van der Waals surface area contributed by atoms with Crippen LogP contribution in [0.1, 0.15) is 36.8 Å². The minimum Gasteiger partial charge on any atom is -0.339 e. The summed E-state index contributed by atoms with van der Waals surface area (Å²) in [5.74, 6) is 0.870. The van der Waals surface area contributed by atoms with E-state index in [1.54, 1.807) is 0 Å². The average Bonchev–Trinajstić information content (AvgIpc) is 3.10. The average molecular weight is 344 g/mol. The van der Waals surface area contributed by atoms with E-state index in [4.69, 9.17) is 17.2 Å². The molecule has 124 valence electrons. The Morgan fingerprint density at radius 1 is 0.920 bits per heavy atom. The third-order valence-electron chi connectivity index (χ3n) is 5.87. The molecule has 0 aliphatic heterocycles. The number of aromatic amines is 1. The Kier molecular flexibility index (Phi) is 3.39. The molecule has 5 rings (SSSR count). The van der Waals surface area contributed by atoms with Crippen molar-refractivity contribution in [1.82, 2.24) is 9.97 Å². The molecule has 3 aromatic rings. The van der Waals surface area contributed by atoms with Crippen molar-refractivity contribution < 1.29 is 0 Å². The van der Waals surface area contributed by atoms with Crippen molar-refractivity contribution in [2.24, 2.45) is 0 Å². The van der Waals surface area contributed by atoms with E-state index in [2.05, 4.69) is 41.4 Å². The second-order valence-electron chi connectivity index (χ2n) is 7.33. The molecule has 1 N–H and O–H groups in total. The highest BCUT2D eigenvalue weighted by Gasteiger charge is 2.42. The van der Waals surface area contributed by atoms with Crippen molar-refractivity contribution >= 4 is 12.2 Å². The van der Waals surface area contributed by atoms with Crippen LogP contribution in [0.5, 0.6) is 0 Å². The van der Waals surface area contributed by atoms with Crippen LogP contribution >= 0.6 is 12.2 Å². The van der Waals surface area contributed by atoms with Gasteiger partial charge in [-0.2, -0.15) is 0 Å². The number of hydrogen-bond acceptors (Lipinski definition) is 2. The lowest BCUT2D eigenvalue weighted by Crippen LogP contribution is -2.31. The molecule has 0 atom stereocenters. The molecule has 2 aliphatic carbocycles. The van der Waals surface area contributed by atoms with Crippen LogP contribution in [-0.4, -0.2) is 9.97 Å². The third kappa shape index (κ3) is 2.30. The van der Waals surface area contributed by atoms with E-state index in [9.17, 15) is 0 Å². The van der Waals surface area contributed by atoms with Crippen LogP contribution in [0.15, 0.2) is 54.6 Å². The standard InChI is InChI=1S/C22H20N2S/c25-21-18-19(23-20(24-21)15-8-2-1-3-9-15)17-11-5-4-10-16(17)14-22(18)12-6-7-13-22/h1-5,8-11H,6-7,12-14H2,(H,23,24,25). The summed E-state index contributed by atoms with van der Waals surface area (Å²) in [7, 11) is 0. The number of hydrogen-bond donors (Lipinski definition) is 1. The van der Waals surface area contributed by atoms with Crippen molar-refractivity contribution in [1.29, 1.82) is 0 Å². The predicted molar refractivity (Wildman–Crippen MR) is 104 cm³/mol. The zero-order chi connectivity index (χ0) is 16.9. The molecule has 1 saturated carbocycles. The summed E-state index contributed by atoms with van der Waals surface area (Å²) in [6.07, 6.45) is 6.12. The van der Waals surface area contributed by atoms with Gasteiger partial charge in [-0.25, -0.2) is 4.98 Å².